The van der Waals surface area contributed by atoms with E-state index in [1.54, 1.807) is 11.8 Å². The maximum absolute atomic E-state index is 12.1. The first-order chi connectivity index (χ1) is 11.2. The van der Waals surface area contributed by atoms with E-state index in [1.807, 2.05) is 42.0 Å². The van der Waals surface area contributed by atoms with Gasteiger partial charge in [0.25, 0.3) is 0 Å². The second kappa shape index (κ2) is 7.20. The molecule has 0 radical (unpaired) electrons. The van der Waals surface area contributed by atoms with Crippen LogP contribution in [-0.4, -0.2) is 27.9 Å². The maximum Gasteiger partial charge on any atom is 0.234 e. The largest absolute Gasteiger partial charge is 0.383 e. The number of rotatable bonds is 5. The molecule has 0 aliphatic heterocycles. The van der Waals surface area contributed by atoms with E-state index in [4.69, 9.17) is 5.73 Å². The number of aromatic nitrogens is 2. The van der Waals surface area contributed by atoms with Crippen LogP contribution in [0.2, 0.25) is 0 Å². The Balaban J connectivity index is 1.63. The van der Waals surface area contributed by atoms with E-state index in [-0.39, 0.29) is 11.7 Å². The van der Waals surface area contributed by atoms with Gasteiger partial charge in [-0.3, -0.25) is 4.79 Å². The lowest BCUT2D eigenvalue weighted by molar-refractivity contribution is -0.113. The van der Waals surface area contributed by atoms with Gasteiger partial charge in [0.2, 0.25) is 5.91 Å². The molecule has 0 fully saturated rings. The van der Waals surface area contributed by atoms with E-state index in [1.165, 1.54) is 23.1 Å². The van der Waals surface area contributed by atoms with Crippen molar-refractivity contribution in [2.45, 2.75) is 10.1 Å². The van der Waals surface area contributed by atoms with E-state index < -0.39 is 0 Å². The van der Waals surface area contributed by atoms with Crippen molar-refractivity contribution >= 4 is 62.5 Å². The van der Waals surface area contributed by atoms with Crippen molar-refractivity contribution in [1.82, 2.24) is 9.97 Å². The minimum Gasteiger partial charge on any atom is -0.383 e. The highest BCUT2D eigenvalue weighted by molar-refractivity contribution is 7.99. The first-order valence-corrected chi connectivity index (χ1v) is 9.82. The van der Waals surface area contributed by atoms with Gasteiger partial charge in [-0.25, -0.2) is 9.97 Å². The molecule has 0 saturated heterocycles. The number of carbonyl (C=O) groups is 1. The molecule has 3 N–H and O–H groups in total. The molecule has 118 valence electrons. The molecule has 3 rings (SSSR count). The fourth-order valence-corrected chi connectivity index (χ4v) is 3.89. The number of nitrogens with one attached hydrogen (secondary N) is 1. The average molecular weight is 363 g/mol. The highest BCUT2D eigenvalue weighted by Gasteiger charge is 2.09. The van der Waals surface area contributed by atoms with Gasteiger partial charge in [-0.2, -0.15) is 0 Å². The third-order valence-corrected chi connectivity index (χ3v) is 5.40. The number of hydrogen-bond donors (Lipinski definition) is 2. The van der Waals surface area contributed by atoms with E-state index >= 15 is 0 Å². The Morgan fingerprint density at radius 3 is 3.04 bits per heavy atom. The van der Waals surface area contributed by atoms with Gasteiger partial charge in [0.15, 0.2) is 5.16 Å². The summed E-state index contributed by atoms with van der Waals surface area (Å²) in [6.45, 7) is 0. The first kappa shape index (κ1) is 16.1. The average Bonchev–Trinajstić information content (AvgIpc) is 3.02. The van der Waals surface area contributed by atoms with Crippen molar-refractivity contribution < 1.29 is 4.79 Å². The summed E-state index contributed by atoms with van der Waals surface area (Å²) in [7, 11) is 0. The summed E-state index contributed by atoms with van der Waals surface area (Å²) in [5.41, 5.74) is 6.69. The predicted octanol–water partition coefficient (Wildman–Crippen LogP) is 3.73. The predicted molar refractivity (Wildman–Crippen MR) is 99.4 cm³/mol. The lowest BCUT2D eigenvalue weighted by Gasteiger charge is -2.06. The second-order valence-electron chi connectivity index (χ2n) is 4.60. The van der Waals surface area contributed by atoms with Crippen LogP contribution in [0, 0.1) is 0 Å². The van der Waals surface area contributed by atoms with Crippen LogP contribution in [0.5, 0.6) is 0 Å². The first-order valence-electron chi connectivity index (χ1n) is 6.73. The number of thiophene rings is 1. The topological polar surface area (TPSA) is 80.9 Å². The molecule has 0 bridgehead atoms. The van der Waals surface area contributed by atoms with Crippen LogP contribution in [0.1, 0.15) is 0 Å². The van der Waals surface area contributed by atoms with Crippen molar-refractivity contribution in [3.63, 3.8) is 0 Å². The van der Waals surface area contributed by atoms with Crippen molar-refractivity contribution in [3.05, 3.63) is 35.7 Å². The quantitative estimate of drug-likeness (QED) is 0.532. The van der Waals surface area contributed by atoms with Crippen molar-refractivity contribution in [3.8, 4) is 0 Å². The number of benzene rings is 1. The van der Waals surface area contributed by atoms with Gasteiger partial charge in [0, 0.05) is 10.6 Å². The molecule has 0 aliphatic carbocycles. The third kappa shape index (κ3) is 3.95. The Bertz CT molecular complexity index is 850. The monoisotopic (exact) mass is 362 g/mol. The Hall–Kier alpha value is -1.77. The van der Waals surface area contributed by atoms with Gasteiger partial charge in [0.05, 0.1) is 11.1 Å². The number of fused-ring (bicyclic) bond motifs is 1. The van der Waals surface area contributed by atoms with Gasteiger partial charge in [-0.05, 0) is 35.9 Å². The van der Waals surface area contributed by atoms with Gasteiger partial charge in [0.1, 0.15) is 10.6 Å². The molecule has 23 heavy (non-hydrogen) atoms. The summed E-state index contributed by atoms with van der Waals surface area (Å²) in [5, 5.41) is 6.18. The zero-order valence-corrected chi connectivity index (χ0v) is 14.7. The molecule has 1 amide bonds. The summed E-state index contributed by atoms with van der Waals surface area (Å²) < 4.78 is 0. The lowest BCUT2D eigenvalue weighted by atomic mass is 10.3. The minimum absolute atomic E-state index is 0.0956. The number of carbonyl (C=O) groups excluding carboxylic acids is 1. The normalized spacial score (nSPS) is 10.8. The van der Waals surface area contributed by atoms with Crippen LogP contribution in [-0.2, 0) is 4.79 Å². The summed E-state index contributed by atoms with van der Waals surface area (Å²) in [5.74, 6) is 0.591. The molecule has 5 nitrogen and oxygen atoms in total. The van der Waals surface area contributed by atoms with Gasteiger partial charge >= 0.3 is 0 Å². The van der Waals surface area contributed by atoms with Crippen LogP contribution in [0.3, 0.4) is 0 Å². The van der Waals surface area contributed by atoms with Gasteiger partial charge in [-0.1, -0.05) is 17.8 Å². The number of thioether (sulfide) groups is 2. The number of nitrogens with two attached hydrogens (primary N) is 1. The molecule has 0 unspecified atom stereocenters. The molecule has 0 saturated carbocycles. The zero-order chi connectivity index (χ0) is 16.2. The molecular formula is C15H14N4OS3. The summed E-state index contributed by atoms with van der Waals surface area (Å²) in [4.78, 5) is 22.7. The van der Waals surface area contributed by atoms with Crippen molar-refractivity contribution in [2.75, 3.05) is 23.1 Å². The zero-order valence-electron chi connectivity index (χ0n) is 12.3. The lowest BCUT2D eigenvalue weighted by Crippen LogP contribution is -2.14. The molecule has 0 atom stereocenters. The third-order valence-electron chi connectivity index (χ3n) is 3.02. The van der Waals surface area contributed by atoms with Gasteiger partial charge < -0.3 is 11.1 Å². The number of nitrogen functional groups attached to an aromatic ring is 1. The Labute approximate surface area is 146 Å². The summed E-state index contributed by atoms with van der Waals surface area (Å²) >= 11 is 4.42. The van der Waals surface area contributed by atoms with Crippen LogP contribution in [0.25, 0.3) is 10.2 Å². The fraction of sp³-hybridized carbons (Fsp3) is 0.133. The van der Waals surface area contributed by atoms with Crippen molar-refractivity contribution in [1.29, 1.82) is 0 Å². The highest BCUT2D eigenvalue weighted by Crippen LogP contribution is 2.26. The van der Waals surface area contributed by atoms with Crippen molar-refractivity contribution in [2.24, 2.45) is 0 Å². The van der Waals surface area contributed by atoms with Crippen LogP contribution in [0.15, 0.2) is 45.8 Å². The van der Waals surface area contributed by atoms with E-state index in [9.17, 15) is 4.79 Å². The van der Waals surface area contributed by atoms with E-state index in [0.717, 1.165) is 20.8 Å². The molecule has 0 aliphatic rings. The van der Waals surface area contributed by atoms with Gasteiger partial charge in [-0.15, -0.1) is 23.1 Å². The SMILES string of the molecule is CSc1cccc(NC(=O)CSc2nc(N)c3ccsc3n2)c1. The molecule has 2 heterocycles. The standard InChI is InChI=1S/C15H14N4OS3/c1-21-10-4-2-3-9(7-10)17-12(20)8-23-15-18-13(16)11-5-6-22-14(11)19-15/h2-7H,8H2,1H3,(H,17,20)(H2,16,18,19). The number of nitrogens with zero attached hydrogens (tertiary/aromatic N) is 2. The van der Waals surface area contributed by atoms with Crippen LogP contribution in [0.4, 0.5) is 11.5 Å². The Morgan fingerprint density at radius 2 is 2.22 bits per heavy atom. The molecule has 1 aromatic carbocycles. The smallest absolute Gasteiger partial charge is 0.234 e. The minimum atomic E-state index is -0.0956. The molecule has 3 aromatic rings. The molecule has 0 spiro atoms. The Morgan fingerprint density at radius 1 is 1.35 bits per heavy atom. The fourth-order valence-electron chi connectivity index (χ4n) is 1.95. The number of anilines is 2. The highest BCUT2D eigenvalue weighted by atomic mass is 32.2. The molecule has 8 heteroatoms. The second-order valence-corrected chi connectivity index (χ2v) is 7.32. The molecule has 2 aromatic heterocycles. The summed E-state index contributed by atoms with van der Waals surface area (Å²) in [6, 6.07) is 9.63. The maximum atomic E-state index is 12.1. The van der Waals surface area contributed by atoms with Crippen LogP contribution >= 0.6 is 34.9 Å². The van der Waals surface area contributed by atoms with E-state index in [2.05, 4.69) is 15.3 Å². The number of hydrogen-bond acceptors (Lipinski definition) is 7. The Kier molecular flexibility index (Phi) is 5.04. The number of amides is 1. The molecular weight excluding hydrogens is 348 g/mol. The van der Waals surface area contributed by atoms with E-state index in [0.29, 0.717) is 11.0 Å². The summed E-state index contributed by atoms with van der Waals surface area (Å²) in [6.07, 6.45) is 2.00. The van der Waals surface area contributed by atoms with Crippen LogP contribution < -0.4 is 11.1 Å².